The second-order valence-corrected chi connectivity index (χ2v) is 8.04. The number of aliphatic hydroxyl groups excluding tert-OH is 1. The van der Waals surface area contributed by atoms with Gasteiger partial charge in [-0.15, -0.1) is 0 Å². The molecule has 0 saturated heterocycles. The van der Waals surface area contributed by atoms with Crippen LogP contribution < -0.4 is 5.32 Å². The van der Waals surface area contributed by atoms with E-state index in [0.29, 0.717) is 10.6 Å². The number of hydrogen-bond acceptors (Lipinski definition) is 5. The molecule has 2 aromatic rings. The Morgan fingerprint density at radius 2 is 1.77 bits per heavy atom. The Hall–Kier alpha value is -2.90. The maximum atomic E-state index is 12.2. The molecular formula is C23H26ClNO6. The van der Waals surface area contributed by atoms with Crippen molar-refractivity contribution in [1.82, 2.24) is 5.32 Å². The first kappa shape index (κ1) is 24.4. The van der Waals surface area contributed by atoms with E-state index in [0.717, 1.165) is 11.1 Å². The van der Waals surface area contributed by atoms with Crippen molar-refractivity contribution in [3.8, 4) is 11.1 Å². The van der Waals surface area contributed by atoms with Crippen molar-refractivity contribution in [3.05, 3.63) is 59.1 Å². The van der Waals surface area contributed by atoms with Crippen LogP contribution in [0.15, 0.2) is 48.5 Å². The predicted octanol–water partition coefficient (Wildman–Crippen LogP) is 3.07. The van der Waals surface area contributed by atoms with Crippen LogP contribution in [-0.4, -0.2) is 46.8 Å². The third-order valence-electron chi connectivity index (χ3n) is 4.46. The summed E-state index contributed by atoms with van der Waals surface area (Å²) in [7, 11) is 0. The van der Waals surface area contributed by atoms with Crippen molar-refractivity contribution < 1.29 is 29.3 Å². The number of hydrogen-bond donors (Lipinski definition) is 3. The molecule has 0 spiro atoms. The third kappa shape index (κ3) is 7.70. The molecule has 1 amide bonds. The molecule has 0 saturated carbocycles. The first-order chi connectivity index (χ1) is 14.7. The number of esters is 1. The van der Waals surface area contributed by atoms with Gasteiger partial charge in [-0.05, 0) is 29.5 Å². The predicted molar refractivity (Wildman–Crippen MR) is 117 cm³/mol. The number of aliphatic carboxylic acids is 1. The quantitative estimate of drug-likeness (QED) is 0.402. The number of ether oxygens (including phenoxy) is 1. The second kappa shape index (κ2) is 11.5. The van der Waals surface area contributed by atoms with Gasteiger partial charge >= 0.3 is 17.8 Å². The van der Waals surface area contributed by atoms with Gasteiger partial charge in [0.15, 0.2) is 6.10 Å². The molecule has 166 valence electrons. The highest BCUT2D eigenvalue weighted by atomic mass is 35.5. The lowest BCUT2D eigenvalue weighted by atomic mass is 9.97. The van der Waals surface area contributed by atoms with Gasteiger partial charge in [-0.1, -0.05) is 67.9 Å². The van der Waals surface area contributed by atoms with Crippen molar-refractivity contribution in [2.24, 2.45) is 5.92 Å². The zero-order valence-electron chi connectivity index (χ0n) is 17.4. The van der Waals surface area contributed by atoms with E-state index in [1.54, 1.807) is 12.1 Å². The molecular weight excluding hydrogens is 422 g/mol. The molecule has 0 aliphatic carbocycles. The number of carbonyl (C=O) groups excluding carboxylic acids is 2. The van der Waals surface area contributed by atoms with Gasteiger partial charge in [-0.25, -0.2) is 9.59 Å². The van der Waals surface area contributed by atoms with Crippen LogP contribution in [0.3, 0.4) is 0 Å². The van der Waals surface area contributed by atoms with Crippen molar-refractivity contribution in [3.63, 3.8) is 0 Å². The van der Waals surface area contributed by atoms with Crippen LogP contribution in [0.5, 0.6) is 0 Å². The van der Waals surface area contributed by atoms with E-state index in [9.17, 15) is 19.5 Å². The Bertz CT molecular complexity index is 916. The molecule has 0 fully saturated rings. The van der Waals surface area contributed by atoms with Gasteiger partial charge in [0.05, 0.1) is 6.61 Å². The summed E-state index contributed by atoms with van der Waals surface area (Å²) < 4.78 is 4.90. The van der Waals surface area contributed by atoms with Crippen LogP contribution in [0.4, 0.5) is 0 Å². The largest absolute Gasteiger partial charge is 0.479 e. The smallest absolute Gasteiger partial charge is 0.396 e. The maximum Gasteiger partial charge on any atom is 0.396 e. The highest BCUT2D eigenvalue weighted by Gasteiger charge is 2.25. The van der Waals surface area contributed by atoms with E-state index >= 15 is 0 Å². The standard InChI is InChI=1S/C23H26ClNO6/c1-14(2)13-31-23(30)21(27)25-17(12-20(26)22(28)29)10-15-8-9-18(19(24)11-15)16-6-4-3-5-7-16/h3-9,11,14,17,20,26H,10,12-13H2,1-2H3,(H,25,27)(H,28,29)/t17-,20-/m1/s1. The molecule has 31 heavy (non-hydrogen) atoms. The van der Waals surface area contributed by atoms with Crippen molar-refractivity contribution >= 4 is 29.4 Å². The molecule has 8 heteroatoms. The van der Waals surface area contributed by atoms with Gasteiger partial charge in [0.2, 0.25) is 0 Å². The zero-order chi connectivity index (χ0) is 23.0. The lowest BCUT2D eigenvalue weighted by Crippen LogP contribution is -2.44. The Morgan fingerprint density at radius 3 is 2.35 bits per heavy atom. The number of carboxylic acids is 1. The molecule has 0 bridgehead atoms. The average molecular weight is 448 g/mol. The van der Waals surface area contributed by atoms with Gasteiger partial charge in [-0.3, -0.25) is 4.79 Å². The van der Waals surface area contributed by atoms with E-state index < -0.39 is 30.0 Å². The molecule has 0 aromatic heterocycles. The van der Waals surface area contributed by atoms with Crippen molar-refractivity contribution in [2.45, 2.75) is 38.8 Å². The SMILES string of the molecule is CC(C)COC(=O)C(=O)N[C@H](Cc1ccc(-c2ccccc2)c(Cl)c1)C[C@@H](O)C(=O)O. The van der Waals surface area contributed by atoms with Gasteiger partial charge < -0.3 is 20.3 Å². The van der Waals surface area contributed by atoms with E-state index in [-0.39, 0.29) is 25.4 Å². The molecule has 2 aromatic carbocycles. The Morgan fingerprint density at radius 1 is 1.10 bits per heavy atom. The first-order valence-corrected chi connectivity index (χ1v) is 10.3. The average Bonchev–Trinajstić information content (AvgIpc) is 2.72. The first-order valence-electron chi connectivity index (χ1n) is 9.89. The fourth-order valence-electron chi connectivity index (χ4n) is 2.94. The lowest BCUT2D eigenvalue weighted by Gasteiger charge is -2.20. The van der Waals surface area contributed by atoms with Crippen LogP contribution in [-0.2, 0) is 25.5 Å². The summed E-state index contributed by atoms with van der Waals surface area (Å²) in [5.41, 5.74) is 2.48. The lowest BCUT2D eigenvalue weighted by molar-refractivity contribution is -0.156. The van der Waals surface area contributed by atoms with Gasteiger partial charge in [-0.2, -0.15) is 0 Å². The highest BCUT2D eigenvalue weighted by molar-refractivity contribution is 6.33. The summed E-state index contributed by atoms with van der Waals surface area (Å²) in [5, 5.41) is 21.7. The number of carboxylic acid groups (broad SMARTS) is 1. The van der Waals surface area contributed by atoms with E-state index in [1.165, 1.54) is 0 Å². The van der Waals surface area contributed by atoms with Crippen molar-refractivity contribution in [2.75, 3.05) is 6.61 Å². The van der Waals surface area contributed by atoms with Crippen molar-refractivity contribution in [1.29, 1.82) is 0 Å². The number of carbonyl (C=O) groups is 3. The minimum Gasteiger partial charge on any atom is -0.479 e. The van der Waals surface area contributed by atoms with Gasteiger partial charge in [0.1, 0.15) is 0 Å². The molecule has 2 rings (SSSR count). The molecule has 0 radical (unpaired) electrons. The Kier molecular flexibility index (Phi) is 9.03. The number of aliphatic hydroxyl groups is 1. The number of halogens is 1. The number of benzene rings is 2. The molecule has 0 unspecified atom stereocenters. The second-order valence-electron chi connectivity index (χ2n) is 7.64. The molecule has 3 N–H and O–H groups in total. The van der Waals surface area contributed by atoms with Gasteiger partial charge in [0, 0.05) is 23.0 Å². The molecule has 7 nitrogen and oxygen atoms in total. The fourth-order valence-corrected chi connectivity index (χ4v) is 3.25. The van der Waals surface area contributed by atoms with E-state index in [1.807, 2.05) is 50.2 Å². The van der Waals surface area contributed by atoms with Crippen LogP contribution in [0, 0.1) is 5.92 Å². The minimum absolute atomic E-state index is 0.0617. The molecule has 2 atom stereocenters. The van der Waals surface area contributed by atoms with Gasteiger partial charge in [0.25, 0.3) is 0 Å². The Labute approximate surface area is 186 Å². The summed E-state index contributed by atoms with van der Waals surface area (Å²) >= 11 is 6.43. The summed E-state index contributed by atoms with van der Waals surface area (Å²) in [5.74, 6) is -3.40. The fraction of sp³-hybridized carbons (Fsp3) is 0.348. The number of amides is 1. The maximum absolute atomic E-state index is 12.2. The van der Waals surface area contributed by atoms with Crippen LogP contribution in [0.1, 0.15) is 25.8 Å². The highest BCUT2D eigenvalue weighted by Crippen LogP contribution is 2.29. The monoisotopic (exact) mass is 447 g/mol. The zero-order valence-corrected chi connectivity index (χ0v) is 18.1. The minimum atomic E-state index is -1.70. The number of nitrogens with one attached hydrogen (secondary N) is 1. The molecule has 0 aliphatic heterocycles. The topological polar surface area (TPSA) is 113 Å². The molecule has 0 heterocycles. The summed E-state index contributed by atoms with van der Waals surface area (Å²) in [6.45, 7) is 3.76. The van der Waals surface area contributed by atoms with E-state index in [2.05, 4.69) is 5.32 Å². The van der Waals surface area contributed by atoms with E-state index in [4.69, 9.17) is 21.4 Å². The Balaban J connectivity index is 2.15. The molecule has 0 aliphatic rings. The van der Waals surface area contributed by atoms with Crippen LogP contribution >= 0.6 is 11.6 Å². The summed E-state index contributed by atoms with van der Waals surface area (Å²) in [6, 6.07) is 14.1. The van der Waals surface area contributed by atoms with Crippen LogP contribution in [0.25, 0.3) is 11.1 Å². The van der Waals surface area contributed by atoms with Crippen LogP contribution in [0.2, 0.25) is 5.02 Å². The summed E-state index contributed by atoms with van der Waals surface area (Å²) in [6.07, 6.45) is -1.81. The third-order valence-corrected chi connectivity index (χ3v) is 4.77. The summed E-state index contributed by atoms with van der Waals surface area (Å²) in [4.78, 5) is 35.1. The normalized spacial score (nSPS) is 12.8. The number of rotatable bonds is 9.